The molecule has 1 aromatic carbocycles. The molecule has 1 saturated heterocycles. The molecule has 1 aromatic heterocycles. The Bertz CT molecular complexity index is 915. The number of amides is 1. The van der Waals surface area contributed by atoms with Crippen LogP contribution in [0, 0.1) is 0 Å². The van der Waals surface area contributed by atoms with E-state index in [9.17, 15) is 14.7 Å². The minimum Gasteiger partial charge on any atom is -0.507 e. The molecule has 2 heterocycles. The van der Waals surface area contributed by atoms with Crippen LogP contribution >= 0.6 is 11.3 Å². The van der Waals surface area contributed by atoms with Gasteiger partial charge in [-0.2, -0.15) is 0 Å². The van der Waals surface area contributed by atoms with Crippen molar-refractivity contribution in [1.82, 2.24) is 4.90 Å². The number of hydrogen-bond donors (Lipinski definition) is 1. The van der Waals surface area contributed by atoms with Crippen LogP contribution in [0.2, 0.25) is 0 Å². The summed E-state index contributed by atoms with van der Waals surface area (Å²) in [6, 6.07) is 8.56. The Balaban J connectivity index is 2.17. The number of benzene rings is 1. The lowest BCUT2D eigenvalue weighted by molar-refractivity contribution is -0.139. The SMILES string of the molecule is CCCN1C(=O)C(=O)/C(=C(\O)c2ccc(OC)c(C(C)C)c2)C1c1cccs1. The van der Waals surface area contributed by atoms with Crippen molar-refractivity contribution in [3.63, 3.8) is 0 Å². The van der Waals surface area contributed by atoms with Crippen LogP contribution in [0.3, 0.4) is 0 Å². The largest absolute Gasteiger partial charge is 0.507 e. The second-order valence-electron chi connectivity index (χ2n) is 7.12. The van der Waals surface area contributed by atoms with Gasteiger partial charge >= 0.3 is 0 Å². The summed E-state index contributed by atoms with van der Waals surface area (Å²) in [5, 5.41) is 13.0. The number of ketones is 1. The van der Waals surface area contributed by atoms with Crippen LogP contribution in [0.5, 0.6) is 5.75 Å². The normalized spacial score (nSPS) is 18.9. The van der Waals surface area contributed by atoms with Crippen molar-refractivity contribution >= 4 is 28.8 Å². The minimum absolute atomic E-state index is 0.139. The molecule has 0 aliphatic carbocycles. The third kappa shape index (κ3) is 3.44. The minimum atomic E-state index is -0.633. The zero-order chi connectivity index (χ0) is 20.4. The number of ether oxygens (including phenoxy) is 1. The van der Waals surface area contributed by atoms with Gasteiger partial charge in [-0.15, -0.1) is 11.3 Å². The number of likely N-dealkylation sites (tertiary alicyclic amines) is 1. The Labute approximate surface area is 169 Å². The summed E-state index contributed by atoms with van der Waals surface area (Å²) in [6.45, 7) is 6.49. The van der Waals surface area contributed by atoms with E-state index in [1.165, 1.54) is 11.3 Å². The van der Waals surface area contributed by atoms with Crippen LogP contribution < -0.4 is 4.74 Å². The third-order valence-electron chi connectivity index (χ3n) is 4.94. The predicted molar refractivity (Wildman–Crippen MR) is 111 cm³/mol. The molecule has 1 unspecified atom stereocenters. The molecule has 0 bridgehead atoms. The van der Waals surface area contributed by atoms with Crippen molar-refractivity contribution in [3.8, 4) is 5.75 Å². The Morgan fingerprint density at radius 1 is 1.29 bits per heavy atom. The van der Waals surface area contributed by atoms with Crippen LogP contribution in [0.4, 0.5) is 0 Å². The maximum Gasteiger partial charge on any atom is 0.295 e. The van der Waals surface area contributed by atoms with E-state index < -0.39 is 17.7 Å². The van der Waals surface area contributed by atoms with Gasteiger partial charge in [-0.3, -0.25) is 9.59 Å². The van der Waals surface area contributed by atoms with Crippen molar-refractivity contribution in [1.29, 1.82) is 0 Å². The Morgan fingerprint density at radius 3 is 2.61 bits per heavy atom. The molecule has 0 saturated carbocycles. The Hall–Kier alpha value is -2.60. The van der Waals surface area contributed by atoms with Gasteiger partial charge in [0.25, 0.3) is 11.7 Å². The van der Waals surface area contributed by atoms with E-state index in [4.69, 9.17) is 4.74 Å². The van der Waals surface area contributed by atoms with Gasteiger partial charge in [-0.05, 0) is 47.5 Å². The average molecular weight is 400 g/mol. The van der Waals surface area contributed by atoms with Crippen LogP contribution in [0.25, 0.3) is 5.76 Å². The fourth-order valence-corrected chi connectivity index (χ4v) is 4.43. The van der Waals surface area contributed by atoms with Gasteiger partial charge in [-0.1, -0.05) is 26.8 Å². The molecule has 1 aliphatic heterocycles. The van der Waals surface area contributed by atoms with E-state index in [1.807, 2.05) is 44.4 Å². The summed E-state index contributed by atoms with van der Waals surface area (Å²) in [4.78, 5) is 27.9. The van der Waals surface area contributed by atoms with Gasteiger partial charge in [0.05, 0.1) is 18.7 Å². The van der Waals surface area contributed by atoms with E-state index in [2.05, 4.69) is 0 Å². The van der Waals surface area contributed by atoms with Crippen molar-refractivity contribution in [3.05, 3.63) is 57.3 Å². The Morgan fingerprint density at radius 2 is 2.04 bits per heavy atom. The first-order chi connectivity index (χ1) is 13.4. The van der Waals surface area contributed by atoms with Crippen molar-refractivity contribution in [2.24, 2.45) is 0 Å². The van der Waals surface area contributed by atoms with Gasteiger partial charge in [-0.25, -0.2) is 0 Å². The smallest absolute Gasteiger partial charge is 0.295 e. The van der Waals surface area contributed by atoms with E-state index in [0.29, 0.717) is 12.1 Å². The summed E-state index contributed by atoms with van der Waals surface area (Å²) in [6.07, 6.45) is 0.731. The molecule has 6 heteroatoms. The molecule has 3 rings (SSSR count). The van der Waals surface area contributed by atoms with E-state index >= 15 is 0 Å². The highest BCUT2D eigenvalue weighted by molar-refractivity contribution is 7.10. The molecule has 28 heavy (non-hydrogen) atoms. The number of thiophene rings is 1. The molecule has 1 aliphatic rings. The van der Waals surface area contributed by atoms with E-state index in [-0.39, 0.29) is 17.3 Å². The molecular weight excluding hydrogens is 374 g/mol. The topological polar surface area (TPSA) is 66.8 Å². The van der Waals surface area contributed by atoms with Crippen LogP contribution in [0.1, 0.15) is 55.2 Å². The second-order valence-corrected chi connectivity index (χ2v) is 8.10. The number of aliphatic hydroxyl groups excluding tert-OH is 1. The standard InChI is InChI=1S/C22H25NO4S/c1-5-10-23-19(17-7-6-11-28-17)18(21(25)22(23)26)20(24)14-8-9-16(27-4)15(12-14)13(2)3/h6-9,11-13,19,24H,5,10H2,1-4H3/b20-18-. The fraction of sp³-hybridized carbons (Fsp3) is 0.364. The fourth-order valence-electron chi connectivity index (χ4n) is 3.58. The number of methoxy groups -OCH3 is 1. The number of Topliss-reactive ketones (excluding diaryl/α,β-unsaturated/α-hetero) is 1. The maximum absolute atomic E-state index is 12.8. The number of carbonyl (C=O) groups excluding carboxylic acids is 2. The quantitative estimate of drug-likeness (QED) is 0.434. The van der Waals surface area contributed by atoms with Crippen LogP contribution in [-0.4, -0.2) is 35.4 Å². The van der Waals surface area contributed by atoms with Gasteiger partial charge in [0.2, 0.25) is 0 Å². The second kappa shape index (κ2) is 8.19. The summed E-state index contributed by atoms with van der Waals surface area (Å²) in [5.74, 6) is -0.420. The van der Waals surface area contributed by atoms with Gasteiger partial charge in [0.15, 0.2) is 0 Å². The third-order valence-corrected chi connectivity index (χ3v) is 5.87. The summed E-state index contributed by atoms with van der Waals surface area (Å²) in [5.41, 5.74) is 1.60. The molecule has 148 valence electrons. The van der Waals surface area contributed by atoms with Crippen molar-refractivity contribution in [2.75, 3.05) is 13.7 Å². The number of rotatable bonds is 6. The maximum atomic E-state index is 12.8. The highest BCUT2D eigenvalue weighted by atomic mass is 32.1. The molecule has 2 aromatic rings. The molecule has 0 radical (unpaired) electrons. The highest BCUT2D eigenvalue weighted by Gasteiger charge is 2.46. The zero-order valence-corrected chi connectivity index (χ0v) is 17.4. The summed E-state index contributed by atoms with van der Waals surface area (Å²) >= 11 is 1.47. The molecular formula is C22H25NO4S. The predicted octanol–water partition coefficient (Wildman–Crippen LogP) is 4.71. The first-order valence-corrected chi connectivity index (χ1v) is 10.3. The van der Waals surface area contributed by atoms with Gasteiger partial charge in [0, 0.05) is 17.0 Å². The molecule has 0 spiro atoms. The van der Waals surface area contributed by atoms with Gasteiger partial charge in [0.1, 0.15) is 11.5 Å². The molecule has 1 amide bonds. The lowest BCUT2D eigenvalue weighted by Crippen LogP contribution is -2.30. The number of hydrogen-bond acceptors (Lipinski definition) is 5. The van der Waals surface area contributed by atoms with Crippen LogP contribution in [-0.2, 0) is 9.59 Å². The van der Waals surface area contributed by atoms with Crippen LogP contribution in [0.15, 0.2) is 41.3 Å². The zero-order valence-electron chi connectivity index (χ0n) is 16.6. The lowest BCUT2D eigenvalue weighted by Gasteiger charge is -2.23. The number of nitrogens with zero attached hydrogens (tertiary/aromatic N) is 1. The van der Waals surface area contributed by atoms with Crippen molar-refractivity contribution < 1.29 is 19.4 Å². The van der Waals surface area contributed by atoms with E-state index in [0.717, 1.165) is 22.6 Å². The average Bonchev–Trinajstić information content (AvgIpc) is 3.29. The highest BCUT2D eigenvalue weighted by Crippen LogP contribution is 2.41. The first-order valence-electron chi connectivity index (χ1n) is 9.40. The summed E-state index contributed by atoms with van der Waals surface area (Å²) < 4.78 is 5.41. The molecule has 1 N–H and O–H groups in total. The number of aliphatic hydroxyl groups is 1. The molecule has 5 nitrogen and oxygen atoms in total. The Kier molecular flexibility index (Phi) is 5.89. The first kappa shape index (κ1) is 20.1. The summed E-state index contributed by atoms with van der Waals surface area (Å²) in [7, 11) is 1.60. The lowest BCUT2D eigenvalue weighted by atomic mass is 9.95. The van der Waals surface area contributed by atoms with Gasteiger partial charge < -0.3 is 14.7 Å². The monoisotopic (exact) mass is 399 g/mol. The molecule has 1 atom stereocenters. The molecule has 1 fully saturated rings. The van der Waals surface area contributed by atoms with E-state index in [1.54, 1.807) is 24.1 Å². The van der Waals surface area contributed by atoms with Crippen molar-refractivity contribution in [2.45, 2.75) is 39.2 Å². The number of carbonyl (C=O) groups is 2.